The molecule has 1 atom stereocenters. The molecule has 74 valence electrons. The Morgan fingerprint density at radius 1 is 1.57 bits per heavy atom. The van der Waals surface area contributed by atoms with Crippen LogP contribution in [0.2, 0.25) is 5.22 Å². The third kappa shape index (κ3) is 1.42. The predicted octanol–water partition coefficient (Wildman–Crippen LogP) is 1.76. The number of rotatable bonds is 1. The smallest absolute Gasteiger partial charge is 0.307 e. The SMILES string of the molecule is O=C1CC(C(=O)O)Cc2oc(Cl)cc21. The molecule has 0 aliphatic heterocycles. The predicted molar refractivity (Wildman–Crippen MR) is 47.5 cm³/mol. The first-order chi connectivity index (χ1) is 6.58. The van der Waals surface area contributed by atoms with Crippen molar-refractivity contribution in [3.8, 4) is 0 Å². The fourth-order valence-corrected chi connectivity index (χ4v) is 1.79. The van der Waals surface area contributed by atoms with Crippen LogP contribution in [-0.4, -0.2) is 16.9 Å². The second kappa shape index (κ2) is 3.13. The Bertz CT molecular complexity index is 407. The Morgan fingerprint density at radius 3 is 2.93 bits per heavy atom. The van der Waals surface area contributed by atoms with Gasteiger partial charge in [0.25, 0.3) is 0 Å². The zero-order valence-electron chi connectivity index (χ0n) is 7.12. The van der Waals surface area contributed by atoms with Crippen molar-refractivity contribution >= 4 is 23.4 Å². The normalized spacial score (nSPS) is 20.6. The zero-order chi connectivity index (χ0) is 10.3. The van der Waals surface area contributed by atoms with E-state index in [9.17, 15) is 9.59 Å². The largest absolute Gasteiger partial charge is 0.481 e. The summed E-state index contributed by atoms with van der Waals surface area (Å²) in [5.74, 6) is -1.48. The van der Waals surface area contributed by atoms with Gasteiger partial charge in [-0.25, -0.2) is 0 Å². The van der Waals surface area contributed by atoms with E-state index in [0.29, 0.717) is 11.3 Å². The van der Waals surface area contributed by atoms with Crippen LogP contribution in [0.25, 0.3) is 0 Å². The van der Waals surface area contributed by atoms with E-state index in [0.717, 1.165) is 0 Å². The molecule has 0 amide bonds. The highest BCUT2D eigenvalue weighted by molar-refractivity contribution is 6.29. The molecule has 0 radical (unpaired) electrons. The van der Waals surface area contributed by atoms with Gasteiger partial charge in [-0.3, -0.25) is 9.59 Å². The molecule has 1 heterocycles. The van der Waals surface area contributed by atoms with E-state index in [2.05, 4.69) is 0 Å². The summed E-state index contributed by atoms with van der Waals surface area (Å²) < 4.78 is 5.04. The van der Waals surface area contributed by atoms with Crippen molar-refractivity contribution in [2.75, 3.05) is 0 Å². The average molecular weight is 215 g/mol. The van der Waals surface area contributed by atoms with E-state index in [1.54, 1.807) is 0 Å². The summed E-state index contributed by atoms with van der Waals surface area (Å²) in [6.45, 7) is 0. The van der Waals surface area contributed by atoms with E-state index < -0.39 is 11.9 Å². The van der Waals surface area contributed by atoms with Crippen molar-refractivity contribution in [3.05, 3.63) is 22.6 Å². The molecule has 2 rings (SSSR count). The number of aliphatic carboxylic acids is 1. The van der Waals surface area contributed by atoms with Crippen molar-refractivity contribution in [2.45, 2.75) is 12.8 Å². The molecule has 0 aromatic carbocycles. The molecule has 0 bridgehead atoms. The molecule has 1 aliphatic carbocycles. The third-order valence-electron chi connectivity index (χ3n) is 2.29. The van der Waals surface area contributed by atoms with Crippen molar-refractivity contribution < 1.29 is 19.1 Å². The maximum atomic E-state index is 11.4. The van der Waals surface area contributed by atoms with Gasteiger partial charge in [0.2, 0.25) is 0 Å². The Labute approximate surface area is 84.5 Å². The second-order valence-electron chi connectivity index (χ2n) is 3.25. The van der Waals surface area contributed by atoms with Gasteiger partial charge in [0.15, 0.2) is 11.0 Å². The Kier molecular flexibility index (Phi) is 2.07. The second-order valence-corrected chi connectivity index (χ2v) is 3.63. The molecular formula is C9H7ClO4. The topological polar surface area (TPSA) is 67.5 Å². The van der Waals surface area contributed by atoms with E-state index in [4.69, 9.17) is 21.1 Å². The van der Waals surface area contributed by atoms with Crippen LogP contribution in [0.3, 0.4) is 0 Å². The molecule has 1 aliphatic rings. The number of carbonyl (C=O) groups is 2. The number of ketones is 1. The van der Waals surface area contributed by atoms with E-state index in [1.807, 2.05) is 0 Å². The maximum absolute atomic E-state index is 11.4. The van der Waals surface area contributed by atoms with Crippen molar-refractivity contribution in [1.29, 1.82) is 0 Å². The molecule has 1 N–H and O–H groups in total. The quantitative estimate of drug-likeness (QED) is 0.774. The highest BCUT2D eigenvalue weighted by Crippen LogP contribution is 2.30. The number of carboxylic acids is 1. The summed E-state index contributed by atoms with van der Waals surface area (Å²) in [7, 11) is 0. The number of halogens is 1. The van der Waals surface area contributed by atoms with Crippen LogP contribution in [-0.2, 0) is 11.2 Å². The first-order valence-corrected chi connectivity index (χ1v) is 4.50. The van der Waals surface area contributed by atoms with Crippen LogP contribution < -0.4 is 0 Å². The van der Waals surface area contributed by atoms with Crippen LogP contribution in [0.5, 0.6) is 0 Å². The first-order valence-electron chi connectivity index (χ1n) is 4.12. The molecule has 0 spiro atoms. The molecule has 14 heavy (non-hydrogen) atoms. The number of carbonyl (C=O) groups excluding carboxylic acids is 1. The summed E-state index contributed by atoms with van der Waals surface area (Å²) >= 11 is 5.58. The van der Waals surface area contributed by atoms with Gasteiger partial charge in [0, 0.05) is 18.9 Å². The molecule has 1 unspecified atom stereocenters. The molecule has 1 aromatic rings. The third-order valence-corrected chi connectivity index (χ3v) is 2.48. The number of hydrogen-bond acceptors (Lipinski definition) is 3. The van der Waals surface area contributed by atoms with Gasteiger partial charge in [0.1, 0.15) is 5.76 Å². The number of Topliss-reactive ketones (excluding diaryl/α,β-unsaturated/α-hetero) is 1. The summed E-state index contributed by atoms with van der Waals surface area (Å²) in [6, 6.07) is 1.44. The van der Waals surface area contributed by atoms with Crippen LogP contribution in [0.4, 0.5) is 0 Å². The minimum absolute atomic E-state index is 0.0260. The molecule has 0 saturated heterocycles. The van der Waals surface area contributed by atoms with Gasteiger partial charge in [-0.15, -0.1) is 0 Å². The minimum atomic E-state index is -0.975. The Hall–Kier alpha value is -1.29. The molecule has 4 nitrogen and oxygen atoms in total. The maximum Gasteiger partial charge on any atom is 0.307 e. The zero-order valence-corrected chi connectivity index (χ0v) is 7.87. The molecule has 0 saturated carbocycles. The Balaban J connectivity index is 2.37. The highest BCUT2D eigenvalue weighted by atomic mass is 35.5. The van der Waals surface area contributed by atoms with Gasteiger partial charge in [-0.1, -0.05) is 0 Å². The fourth-order valence-electron chi connectivity index (χ4n) is 1.59. The number of fused-ring (bicyclic) bond motifs is 1. The van der Waals surface area contributed by atoms with Gasteiger partial charge in [0.05, 0.1) is 11.5 Å². The lowest BCUT2D eigenvalue weighted by molar-refractivity contribution is -0.141. The van der Waals surface area contributed by atoms with E-state index >= 15 is 0 Å². The number of hydrogen-bond donors (Lipinski definition) is 1. The average Bonchev–Trinajstić information content (AvgIpc) is 2.45. The molecule has 0 fully saturated rings. The van der Waals surface area contributed by atoms with E-state index in [1.165, 1.54) is 6.07 Å². The van der Waals surface area contributed by atoms with Crippen molar-refractivity contribution in [2.24, 2.45) is 5.92 Å². The highest BCUT2D eigenvalue weighted by Gasteiger charge is 2.32. The lowest BCUT2D eigenvalue weighted by Crippen LogP contribution is -2.25. The van der Waals surface area contributed by atoms with Gasteiger partial charge >= 0.3 is 5.97 Å². The summed E-state index contributed by atoms with van der Waals surface area (Å²) in [6.07, 6.45) is 0.265. The minimum Gasteiger partial charge on any atom is -0.481 e. The number of furan rings is 1. The van der Waals surface area contributed by atoms with Crippen molar-refractivity contribution in [1.82, 2.24) is 0 Å². The molecule has 1 aromatic heterocycles. The summed E-state index contributed by atoms with van der Waals surface area (Å²) in [5, 5.41) is 8.90. The number of carboxylic acid groups (broad SMARTS) is 1. The van der Waals surface area contributed by atoms with Crippen LogP contribution in [0.1, 0.15) is 22.5 Å². The lowest BCUT2D eigenvalue weighted by atomic mass is 9.88. The lowest BCUT2D eigenvalue weighted by Gasteiger charge is -2.15. The van der Waals surface area contributed by atoms with Gasteiger partial charge in [-0.2, -0.15) is 0 Å². The van der Waals surface area contributed by atoms with Crippen LogP contribution >= 0.6 is 11.6 Å². The fraction of sp³-hybridized carbons (Fsp3) is 0.333. The molecule has 5 heteroatoms. The standard InChI is InChI=1S/C9H7ClO4/c10-8-3-5-6(11)1-4(9(12)13)2-7(5)14-8/h3-4H,1-2H2,(H,12,13). The summed E-state index contributed by atoms with van der Waals surface area (Å²) in [5.41, 5.74) is 0.424. The van der Waals surface area contributed by atoms with Crippen LogP contribution in [0.15, 0.2) is 10.5 Å². The molecular weight excluding hydrogens is 208 g/mol. The summed E-state index contributed by atoms with van der Waals surface area (Å²) in [4.78, 5) is 22.1. The van der Waals surface area contributed by atoms with Gasteiger partial charge in [-0.05, 0) is 11.6 Å². The monoisotopic (exact) mass is 214 g/mol. The van der Waals surface area contributed by atoms with Crippen molar-refractivity contribution in [3.63, 3.8) is 0 Å². The van der Waals surface area contributed by atoms with E-state index in [-0.39, 0.29) is 23.8 Å². The van der Waals surface area contributed by atoms with Crippen LogP contribution in [0, 0.1) is 5.92 Å². The Morgan fingerprint density at radius 2 is 2.29 bits per heavy atom. The van der Waals surface area contributed by atoms with Gasteiger partial charge < -0.3 is 9.52 Å². The first kappa shape index (κ1) is 9.27.